The van der Waals surface area contributed by atoms with Crippen LogP contribution in [0.4, 0.5) is 5.69 Å². The molecule has 1 saturated heterocycles. The van der Waals surface area contributed by atoms with Gasteiger partial charge in [0.05, 0.1) is 0 Å². The average Bonchev–Trinajstić information content (AvgIpc) is 2.93. The Kier molecular flexibility index (Phi) is 1.95. The van der Waals surface area contributed by atoms with E-state index in [1.54, 1.807) is 0 Å². The lowest BCUT2D eigenvalue weighted by molar-refractivity contribution is -0.0269. The van der Waals surface area contributed by atoms with Crippen LogP contribution in [0.2, 0.25) is 0 Å². The molecular formula is C18H15NO2. The number of anilines is 1. The zero-order valence-corrected chi connectivity index (χ0v) is 11.8. The fourth-order valence-electron chi connectivity index (χ4n) is 4.25. The highest BCUT2D eigenvalue weighted by atomic mass is 16.5. The van der Waals surface area contributed by atoms with Crippen LogP contribution in [0.15, 0.2) is 42.5 Å². The van der Waals surface area contributed by atoms with Gasteiger partial charge in [-0.1, -0.05) is 36.4 Å². The number of ketones is 1. The number of benzene rings is 2. The molecule has 21 heavy (non-hydrogen) atoms. The molecule has 2 atom stereocenters. The summed E-state index contributed by atoms with van der Waals surface area (Å²) in [4.78, 5) is 15.0. The van der Waals surface area contributed by atoms with E-state index in [4.69, 9.17) is 4.74 Å². The van der Waals surface area contributed by atoms with Crippen molar-refractivity contribution in [3.8, 4) is 0 Å². The maximum atomic E-state index is 12.9. The smallest absolute Gasteiger partial charge is 0.193 e. The van der Waals surface area contributed by atoms with Crippen molar-refractivity contribution in [2.75, 3.05) is 11.9 Å². The minimum absolute atomic E-state index is 0.106. The first-order valence-electron chi connectivity index (χ1n) is 7.41. The van der Waals surface area contributed by atoms with Crippen LogP contribution in [0.1, 0.15) is 39.9 Å². The summed E-state index contributed by atoms with van der Waals surface area (Å²) in [5.41, 5.74) is 4.44. The summed E-state index contributed by atoms with van der Waals surface area (Å²) in [6.07, 6.45) is 2.04. The maximum absolute atomic E-state index is 12.9. The third-order valence-electron chi connectivity index (χ3n) is 5.19. The van der Waals surface area contributed by atoms with Crippen LogP contribution in [0.5, 0.6) is 0 Å². The van der Waals surface area contributed by atoms with E-state index in [2.05, 4.69) is 24.1 Å². The zero-order valence-electron chi connectivity index (χ0n) is 11.8. The van der Waals surface area contributed by atoms with Gasteiger partial charge in [0, 0.05) is 29.4 Å². The first-order valence-corrected chi connectivity index (χ1v) is 7.41. The summed E-state index contributed by atoms with van der Waals surface area (Å²) in [5, 5.41) is 0. The Morgan fingerprint density at radius 1 is 1.14 bits per heavy atom. The normalized spacial score (nSPS) is 28.3. The average molecular weight is 277 g/mol. The molecule has 2 heterocycles. The quantitative estimate of drug-likeness (QED) is 0.741. The Morgan fingerprint density at radius 2 is 1.95 bits per heavy atom. The van der Waals surface area contributed by atoms with Crippen molar-refractivity contribution in [1.29, 1.82) is 0 Å². The molecule has 104 valence electrons. The number of hydrogen-bond donors (Lipinski definition) is 0. The number of ether oxygens (including phenoxy) is 1. The molecule has 1 fully saturated rings. The van der Waals surface area contributed by atoms with Gasteiger partial charge in [-0.2, -0.15) is 0 Å². The van der Waals surface area contributed by atoms with E-state index in [9.17, 15) is 4.79 Å². The summed E-state index contributed by atoms with van der Waals surface area (Å²) in [6.45, 7) is 0. The van der Waals surface area contributed by atoms with Crippen LogP contribution >= 0.6 is 0 Å². The fraction of sp³-hybridized carbons (Fsp3) is 0.278. The number of hydrogen-bond acceptors (Lipinski definition) is 3. The molecule has 0 amide bonds. The van der Waals surface area contributed by atoms with Gasteiger partial charge in [0.25, 0.3) is 0 Å². The van der Waals surface area contributed by atoms with Gasteiger partial charge in [0.1, 0.15) is 11.8 Å². The Morgan fingerprint density at radius 3 is 2.86 bits per heavy atom. The van der Waals surface area contributed by atoms with Gasteiger partial charge in [-0.3, -0.25) is 4.79 Å². The van der Waals surface area contributed by atoms with Crippen molar-refractivity contribution in [3.05, 3.63) is 64.7 Å². The van der Waals surface area contributed by atoms with Crippen molar-refractivity contribution in [2.45, 2.75) is 24.7 Å². The molecule has 0 radical (unpaired) electrons. The van der Waals surface area contributed by atoms with Crippen molar-refractivity contribution in [1.82, 2.24) is 0 Å². The van der Waals surface area contributed by atoms with Crippen LogP contribution in [0, 0.1) is 0 Å². The second kappa shape index (κ2) is 3.55. The van der Waals surface area contributed by atoms with Crippen LogP contribution in [0.3, 0.4) is 0 Å². The molecule has 1 spiro atoms. The monoisotopic (exact) mass is 277 g/mol. The number of nitrogens with zero attached hydrogens (tertiary/aromatic N) is 1. The van der Waals surface area contributed by atoms with Gasteiger partial charge in [-0.25, -0.2) is 0 Å². The Labute approximate surface area is 123 Å². The number of fused-ring (bicyclic) bond motifs is 2. The summed E-state index contributed by atoms with van der Waals surface area (Å²) in [5.74, 6) is 0.121. The molecule has 2 aromatic carbocycles. The zero-order chi connectivity index (χ0) is 14.2. The molecule has 2 unspecified atom stereocenters. The Hall–Kier alpha value is -2.13. The van der Waals surface area contributed by atoms with E-state index in [0.29, 0.717) is 0 Å². The largest absolute Gasteiger partial charge is 0.349 e. The van der Waals surface area contributed by atoms with Gasteiger partial charge < -0.3 is 9.64 Å². The lowest BCUT2D eigenvalue weighted by Crippen LogP contribution is -2.45. The third-order valence-corrected chi connectivity index (χ3v) is 5.19. The van der Waals surface area contributed by atoms with Gasteiger partial charge in [-0.05, 0) is 24.5 Å². The van der Waals surface area contributed by atoms with Gasteiger partial charge in [0.2, 0.25) is 0 Å². The van der Waals surface area contributed by atoms with Gasteiger partial charge in [-0.15, -0.1) is 0 Å². The molecule has 0 saturated carbocycles. The van der Waals surface area contributed by atoms with Crippen LogP contribution < -0.4 is 4.90 Å². The van der Waals surface area contributed by atoms with E-state index in [-0.39, 0.29) is 12.0 Å². The van der Waals surface area contributed by atoms with Crippen LogP contribution in [0.25, 0.3) is 0 Å². The molecular weight excluding hydrogens is 262 g/mol. The van der Waals surface area contributed by atoms with Crippen LogP contribution in [-0.2, 0) is 10.3 Å². The third kappa shape index (κ3) is 1.18. The minimum Gasteiger partial charge on any atom is -0.349 e. The van der Waals surface area contributed by atoms with E-state index in [1.165, 1.54) is 0 Å². The SMILES string of the molecule is CN1c2cccc3c2C2(CCC1O2)c1ccccc1C3=O. The van der Waals surface area contributed by atoms with Crippen molar-refractivity contribution in [2.24, 2.45) is 0 Å². The Balaban J connectivity index is 1.94. The van der Waals surface area contributed by atoms with E-state index in [1.807, 2.05) is 30.3 Å². The minimum atomic E-state index is -0.423. The van der Waals surface area contributed by atoms with Crippen LogP contribution in [-0.4, -0.2) is 19.1 Å². The first kappa shape index (κ1) is 11.5. The highest BCUT2D eigenvalue weighted by molar-refractivity contribution is 6.14. The van der Waals surface area contributed by atoms with Crippen molar-refractivity contribution >= 4 is 11.5 Å². The second-order valence-electron chi connectivity index (χ2n) is 6.12. The number of rotatable bonds is 0. The van der Waals surface area contributed by atoms with Gasteiger partial charge in [0.15, 0.2) is 5.78 Å². The Bertz CT molecular complexity index is 798. The molecule has 2 aromatic rings. The molecule has 3 aliphatic rings. The summed E-state index contributed by atoms with van der Waals surface area (Å²) < 4.78 is 6.45. The summed E-state index contributed by atoms with van der Waals surface area (Å²) in [6, 6.07) is 13.9. The highest BCUT2D eigenvalue weighted by Gasteiger charge is 2.55. The molecule has 2 aliphatic heterocycles. The van der Waals surface area contributed by atoms with E-state index < -0.39 is 5.60 Å². The van der Waals surface area contributed by atoms with Crippen molar-refractivity contribution < 1.29 is 9.53 Å². The predicted octanol–water partition coefficient (Wildman–Crippen LogP) is 3.06. The lowest BCUT2D eigenvalue weighted by atomic mass is 9.72. The van der Waals surface area contributed by atoms with E-state index >= 15 is 0 Å². The number of carbonyl (C=O) groups is 1. The molecule has 0 aromatic heterocycles. The summed E-state index contributed by atoms with van der Waals surface area (Å²) >= 11 is 0. The molecule has 1 aliphatic carbocycles. The lowest BCUT2D eigenvalue weighted by Gasteiger charge is -2.44. The molecule has 0 N–H and O–H groups in total. The molecule has 5 rings (SSSR count). The van der Waals surface area contributed by atoms with E-state index in [0.717, 1.165) is 40.8 Å². The predicted molar refractivity (Wildman–Crippen MR) is 79.6 cm³/mol. The number of carbonyl (C=O) groups excluding carboxylic acids is 1. The summed E-state index contributed by atoms with van der Waals surface area (Å²) in [7, 11) is 2.06. The van der Waals surface area contributed by atoms with Gasteiger partial charge >= 0.3 is 0 Å². The molecule has 3 nitrogen and oxygen atoms in total. The standard InChI is InChI=1S/C18H15NO2/c1-19-14-8-4-6-12-16(14)18(10-9-15(19)21-18)13-7-3-2-5-11(13)17(12)20/h2-8,15H,9-10H2,1H3. The first-order chi connectivity index (χ1) is 10.2. The maximum Gasteiger partial charge on any atom is 0.193 e. The van der Waals surface area contributed by atoms with Crippen molar-refractivity contribution in [3.63, 3.8) is 0 Å². The highest BCUT2D eigenvalue weighted by Crippen LogP contribution is 2.56. The second-order valence-corrected chi connectivity index (χ2v) is 6.12. The molecule has 2 bridgehead atoms. The topological polar surface area (TPSA) is 29.5 Å². The fourth-order valence-corrected chi connectivity index (χ4v) is 4.25. The molecule has 3 heteroatoms.